The van der Waals surface area contributed by atoms with E-state index >= 15 is 0 Å². The van der Waals surface area contributed by atoms with Crippen molar-refractivity contribution in [2.45, 2.75) is 25.3 Å². The van der Waals surface area contributed by atoms with Gasteiger partial charge in [-0.1, -0.05) is 42.5 Å². The van der Waals surface area contributed by atoms with Crippen molar-refractivity contribution in [3.05, 3.63) is 94.8 Å². The summed E-state index contributed by atoms with van der Waals surface area (Å²) in [6.07, 6.45) is 0. The van der Waals surface area contributed by atoms with Crippen molar-refractivity contribution in [3.63, 3.8) is 0 Å². The van der Waals surface area contributed by atoms with Crippen LogP contribution in [0.2, 0.25) is 0 Å². The van der Waals surface area contributed by atoms with Gasteiger partial charge in [-0.25, -0.2) is 13.4 Å². The number of nitrogens with one attached hydrogen (secondary N) is 1. The van der Waals surface area contributed by atoms with Crippen LogP contribution in [0.4, 0.5) is 5.69 Å². The van der Waals surface area contributed by atoms with Crippen LogP contribution in [0.5, 0.6) is 5.75 Å². The highest BCUT2D eigenvalue weighted by Crippen LogP contribution is 2.25. The first-order chi connectivity index (χ1) is 17.3. The van der Waals surface area contributed by atoms with Gasteiger partial charge in [-0.15, -0.1) is 11.3 Å². The average molecular weight is 522 g/mol. The predicted molar refractivity (Wildman–Crippen MR) is 143 cm³/mol. The van der Waals surface area contributed by atoms with Gasteiger partial charge in [0, 0.05) is 23.2 Å². The molecule has 9 heteroatoms. The summed E-state index contributed by atoms with van der Waals surface area (Å²) in [5, 5.41) is 5.75. The highest BCUT2D eigenvalue weighted by molar-refractivity contribution is 7.89. The first-order valence-electron chi connectivity index (χ1n) is 11.4. The van der Waals surface area contributed by atoms with Gasteiger partial charge in [-0.3, -0.25) is 4.79 Å². The van der Waals surface area contributed by atoms with E-state index in [-0.39, 0.29) is 18.0 Å². The summed E-state index contributed by atoms with van der Waals surface area (Å²) < 4.78 is 33.7. The third-order valence-corrected chi connectivity index (χ3v) is 7.93. The zero-order valence-corrected chi connectivity index (χ0v) is 21.7. The molecular weight excluding hydrogens is 494 g/mol. The topological polar surface area (TPSA) is 88.6 Å². The Hall–Kier alpha value is -3.53. The van der Waals surface area contributed by atoms with E-state index < -0.39 is 15.9 Å². The molecule has 0 bridgehead atoms. The Kier molecular flexibility index (Phi) is 8.14. The third-order valence-electron chi connectivity index (χ3n) is 5.36. The number of aromatic nitrogens is 1. The zero-order valence-electron chi connectivity index (χ0n) is 20.0. The first kappa shape index (κ1) is 25.6. The van der Waals surface area contributed by atoms with Crippen LogP contribution in [-0.2, 0) is 21.4 Å². The van der Waals surface area contributed by atoms with E-state index in [9.17, 15) is 13.2 Å². The standard InChI is InChI=1S/C27H27N3O4S2/c1-3-34-24-12-14-25(15-13-24)36(32,33)30(17-21-8-5-4-6-9-21)18-27(31)29-23-11-7-10-22(16-23)26-19-35-20(2)28-26/h4-16,19H,3,17-18H2,1-2H3,(H,29,31). The molecule has 0 aliphatic carbocycles. The van der Waals surface area contributed by atoms with Crippen LogP contribution in [0.3, 0.4) is 0 Å². The van der Waals surface area contributed by atoms with Crippen molar-refractivity contribution in [3.8, 4) is 17.0 Å². The number of carbonyl (C=O) groups is 1. The van der Waals surface area contributed by atoms with E-state index in [2.05, 4.69) is 10.3 Å². The van der Waals surface area contributed by atoms with Gasteiger partial charge in [-0.05, 0) is 55.8 Å². The van der Waals surface area contributed by atoms with Gasteiger partial charge < -0.3 is 10.1 Å². The summed E-state index contributed by atoms with van der Waals surface area (Å²) in [6, 6.07) is 22.8. The fraction of sp³-hybridized carbons (Fsp3) is 0.185. The molecule has 0 fully saturated rings. The maximum atomic E-state index is 13.5. The summed E-state index contributed by atoms with van der Waals surface area (Å²) in [7, 11) is -3.96. The predicted octanol–water partition coefficient (Wildman–Crippen LogP) is 5.35. The summed E-state index contributed by atoms with van der Waals surface area (Å²) >= 11 is 1.55. The number of carbonyl (C=O) groups excluding carboxylic acids is 1. The average Bonchev–Trinajstić information content (AvgIpc) is 3.31. The number of benzene rings is 3. The lowest BCUT2D eigenvalue weighted by Gasteiger charge is -2.22. The summed E-state index contributed by atoms with van der Waals surface area (Å²) in [5.41, 5.74) is 3.06. The Balaban J connectivity index is 1.55. The summed E-state index contributed by atoms with van der Waals surface area (Å²) in [5.74, 6) is 0.144. The molecule has 0 aliphatic heterocycles. The molecule has 1 amide bonds. The van der Waals surface area contributed by atoms with Crippen LogP contribution in [0.1, 0.15) is 17.5 Å². The molecule has 7 nitrogen and oxygen atoms in total. The van der Waals surface area contributed by atoms with Gasteiger partial charge in [0.15, 0.2) is 0 Å². The van der Waals surface area contributed by atoms with Gasteiger partial charge in [-0.2, -0.15) is 4.31 Å². The quantitative estimate of drug-likeness (QED) is 0.304. The smallest absolute Gasteiger partial charge is 0.243 e. The molecule has 186 valence electrons. The Morgan fingerprint density at radius 1 is 1.03 bits per heavy atom. The monoisotopic (exact) mass is 521 g/mol. The molecule has 0 unspecified atom stereocenters. The number of amides is 1. The second-order valence-electron chi connectivity index (χ2n) is 8.04. The Morgan fingerprint density at radius 2 is 1.78 bits per heavy atom. The summed E-state index contributed by atoms with van der Waals surface area (Å²) in [4.78, 5) is 17.6. The minimum atomic E-state index is -3.96. The van der Waals surface area contributed by atoms with Crippen LogP contribution in [-0.4, -0.2) is 36.8 Å². The van der Waals surface area contributed by atoms with E-state index in [1.165, 1.54) is 16.4 Å². The molecular formula is C27H27N3O4S2. The lowest BCUT2D eigenvalue weighted by molar-refractivity contribution is -0.116. The number of sulfonamides is 1. The minimum Gasteiger partial charge on any atom is -0.494 e. The normalized spacial score (nSPS) is 11.4. The summed E-state index contributed by atoms with van der Waals surface area (Å²) in [6.45, 7) is 3.99. The van der Waals surface area contributed by atoms with Crippen molar-refractivity contribution in [2.24, 2.45) is 0 Å². The van der Waals surface area contributed by atoms with Crippen molar-refractivity contribution < 1.29 is 17.9 Å². The lowest BCUT2D eigenvalue weighted by Crippen LogP contribution is -2.37. The SMILES string of the molecule is CCOc1ccc(S(=O)(=O)N(CC(=O)Nc2cccc(-c3csc(C)n3)c2)Cc2ccccc2)cc1. The molecule has 36 heavy (non-hydrogen) atoms. The molecule has 0 aliphatic rings. The molecule has 3 aromatic carbocycles. The molecule has 0 atom stereocenters. The molecule has 4 aromatic rings. The van der Waals surface area contributed by atoms with Crippen molar-refractivity contribution in [2.75, 3.05) is 18.5 Å². The molecule has 1 aromatic heterocycles. The second kappa shape index (κ2) is 11.5. The van der Waals surface area contributed by atoms with E-state index in [0.717, 1.165) is 21.8 Å². The van der Waals surface area contributed by atoms with Gasteiger partial charge >= 0.3 is 0 Å². The Morgan fingerprint density at radius 3 is 2.44 bits per heavy atom. The van der Waals surface area contributed by atoms with E-state index in [0.29, 0.717) is 18.0 Å². The number of aryl methyl sites for hydroxylation is 1. The van der Waals surface area contributed by atoms with E-state index in [1.54, 1.807) is 29.5 Å². The molecule has 1 heterocycles. The van der Waals surface area contributed by atoms with Crippen molar-refractivity contribution in [1.29, 1.82) is 0 Å². The van der Waals surface area contributed by atoms with Crippen molar-refractivity contribution >= 4 is 33.0 Å². The molecule has 0 spiro atoms. The van der Waals surface area contributed by atoms with Crippen molar-refractivity contribution in [1.82, 2.24) is 9.29 Å². The van der Waals surface area contributed by atoms with Crippen LogP contribution >= 0.6 is 11.3 Å². The number of anilines is 1. The van der Waals surface area contributed by atoms with E-state index in [1.807, 2.05) is 67.8 Å². The molecule has 1 N–H and O–H groups in total. The maximum Gasteiger partial charge on any atom is 0.243 e. The second-order valence-corrected chi connectivity index (χ2v) is 11.0. The fourth-order valence-electron chi connectivity index (χ4n) is 3.65. The number of hydrogen-bond acceptors (Lipinski definition) is 6. The largest absolute Gasteiger partial charge is 0.494 e. The van der Waals surface area contributed by atoms with Crippen LogP contribution in [0.15, 0.2) is 89.1 Å². The zero-order chi connectivity index (χ0) is 25.5. The third kappa shape index (κ3) is 6.37. The van der Waals surface area contributed by atoms with Crippen LogP contribution in [0.25, 0.3) is 11.3 Å². The van der Waals surface area contributed by atoms with Gasteiger partial charge in [0.1, 0.15) is 5.75 Å². The van der Waals surface area contributed by atoms with Gasteiger partial charge in [0.2, 0.25) is 15.9 Å². The van der Waals surface area contributed by atoms with Gasteiger partial charge in [0.05, 0.1) is 28.7 Å². The molecule has 0 saturated heterocycles. The first-order valence-corrected chi connectivity index (χ1v) is 13.8. The van der Waals surface area contributed by atoms with Crippen LogP contribution in [0, 0.1) is 6.92 Å². The molecule has 4 rings (SSSR count). The molecule has 0 radical (unpaired) electrons. The Bertz CT molecular complexity index is 1420. The fourth-order valence-corrected chi connectivity index (χ4v) is 5.66. The highest BCUT2D eigenvalue weighted by atomic mass is 32.2. The van der Waals surface area contributed by atoms with Crippen LogP contribution < -0.4 is 10.1 Å². The minimum absolute atomic E-state index is 0.0575. The maximum absolute atomic E-state index is 13.5. The van der Waals surface area contributed by atoms with E-state index in [4.69, 9.17) is 4.74 Å². The van der Waals surface area contributed by atoms with Gasteiger partial charge in [0.25, 0.3) is 0 Å². The number of hydrogen-bond donors (Lipinski definition) is 1. The number of nitrogens with zero attached hydrogens (tertiary/aromatic N) is 2. The Labute approximate surface area is 215 Å². The molecule has 0 saturated carbocycles. The number of ether oxygens (including phenoxy) is 1. The number of thiazole rings is 1. The number of rotatable bonds is 10. The highest BCUT2D eigenvalue weighted by Gasteiger charge is 2.27. The lowest BCUT2D eigenvalue weighted by atomic mass is 10.1.